The highest BCUT2D eigenvalue weighted by molar-refractivity contribution is 7.22. The van der Waals surface area contributed by atoms with Crippen LogP contribution in [0.25, 0.3) is 16.3 Å². The third-order valence-corrected chi connectivity index (χ3v) is 6.53. The minimum absolute atomic E-state index is 0.169. The third kappa shape index (κ3) is 6.29. The number of aromatic nitrogens is 1. The first kappa shape index (κ1) is 28.3. The van der Waals surface area contributed by atoms with Gasteiger partial charge in [0.25, 0.3) is 5.91 Å². The van der Waals surface area contributed by atoms with E-state index in [1.165, 1.54) is 34.5 Å². The van der Waals surface area contributed by atoms with E-state index in [9.17, 15) is 18.4 Å². The van der Waals surface area contributed by atoms with E-state index in [-0.39, 0.29) is 22.2 Å². The maximum Gasteiger partial charge on any atom is 0.264 e. The number of ketones is 1. The predicted octanol–water partition coefficient (Wildman–Crippen LogP) is 5.52. The summed E-state index contributed by atoms with van der Waals surface area (Å²) in [6, 6.07) is 10.0. The molecule has 4 aromatic rings. The van der Waals surface area contributed by atoms with Crippen LogP contribution >= 0.6 is 11.3 Å². The Bertz CT molecular complexity index is 1540. The number of amides is 1. The van der Waals surface area contributed by atoms with Gasteiger partial charge in [0.2, 0.25) is 5.75 Å². The monoisotopic (exact) mass is 570 g/mol. The molecule has 1 heterocycles. The van der Waals surface area contributed by atoms with Gasteiger partial charge in [0.15, 0.2) is 52.2 Å². The number of anilines is 1. The molecule has 0 spiro atoms. The SMILES string of the molecule is COc1ccc(/C=C/C(=O)c2cc(OC)c(OC)c(OC)c2)cc1OCC(=O)Nc1nc2cc(F)c(F)cc2s1. The summed E-state index contributed by atoms with van der Waals surface area (Å²) >= 11 is 1.00. The lowest BCUT2D eigenvalue weighted by molar-refractivity contribution is -0.118. The Morgan fingerprint density at radius 1 is 0.875 bits per heavy atom. The number of nitrogens with one attached hydrogen (secondary N) is 1. The van der Waals surface area contributed by atoms with E-state index in [1.807, 2.05) is 0 Å². The topological polar surface area (TPSA) is 105 Å². The van der Waals surface area contributed by atoms with E-state index in [2.05, 4.69) is 10.3 Å². The van der Waals surface area contributed by atoms with E-state index in [4.69, 9.17) is 23.7 Å². The lowest BCUT2D eigenvalue weighted by Crippen LogP contribution is -2.20. The average Bonchev–Trinajstić information content (AvgIpc) is 3.34. The van der Waals surface area contributed by atoms with Gasteiger partial charge in [-0.05, 0) is 42.0 Å². The quantitative estimate of drug-likeness (QED) is 0.186. The van der Waals surface area contributed by atoms with Crippen molar-refractivity contribution < 1.29 is 42.1 Å². The summed E-state index contributed by atoms with van der Waals surface area (Å²) < 4.78 is 54.1. The van der Waals surface area contributed by atoms with Gasteiger partial charge in [0.1, 0.15) is 0 Å². The van der Waals surface area contributed by atoms with Crippen molar-refractivity contribution in [3.05, 3.63) is 71.3 Å². The number of hydrogen-bond donors (Lipinski definition) is 1. The molecular formula is C28H24F2N2O7S. The maximum absolute atomic E-state index is 13.5. The lowest BCUT2D eigenvalue weighted by Gasteiger charge is -2.13. The Morgan fingerprint density at radius 2 is 1.55 bits per heavy atom. The number of nitrogens with zero attached hydrogens (tertiary/aromatic N) is 1. The van der Waals surface area contributed by atoms with Gasteiger partial charge < -0.3 is 23.7 Å². The van der Waals surface area contributed by atoms with Crippen LogP contribution in [-0.2, 0) is 4.79 Å². The van der Waals surface area contributed by atoms with Crippen molar-refractivity contribution in [2.45, 2.75) is 0 Å². The second-order valence-corrected chi connectivity index (χ2v) is 9.14. The van der Waals surface area contributed by atoms with Crippen LogP contribution in [0, 0.1) is 11.6 Å². The first-order chi connectivity index (χ1) is 19.3. The van der Waals surface area contributed by atoms with Crippen molar-refractivity contribution in [2.75, 3.05) is 40.4 Å². The number of hydrogen-bond acceptors (Lipinski definition) is 9. The van der Waals surface area contributed by atoms with Gasteiger partial charge in [-0.1, -0.05) is 23.5 Å². The lowest BCUT2D eigenvalue weighted by atomic mass is 10.1. The van der Waals surface area contributed by atoms with Gasteiger partial charge in [0, 0.05) is 11.6 Å². The van der Waals surface area contributed by atoms with Crippen molar-refractivity contribution in [3.63, 3.8) is 0 Å². The molecule has 0 radical (unpaired) electrons. The Morgan fingerprint density at radius 3 is 2.20 bits per heavy atom. The highest BCUT2D eigenvalue weighted by Gasteiger charge is 2.16. The van der Waals surface area contributed by atoms with E-state index in [0.717, 1.165) is 23.5 Å². The molecule has 3 aromatic carbocycles. The molecule has 1 N–H and O–H groups in total. The van der Waals surface area contributed by atoms with Crippen LogP contribution in [-0.4, -0.2) is 51.7 Å². The molecule has 4 rings (SSSR count). The fourth-order valence-corrected chi connectivity index (χ4v) is 4.57. The molecule has 1 amide bonds. The zero-order valence-electron chi connectivity index (χ0n) is 21.9. The summed E-state index contributed by atoms with van der Waals surface area (Å²) in [6.45, 7) is -0.396. The van der Waals surface area contributed by atoms with Crippen molar-refractivity contribution in [3.8, 4) is 28.7 Å². The van der Waals surface area contributed by atoms with Crippen LogP contribution in [0.5, 0.6) is 28.7 Å². The van der Waals surface area contributed by atoms with Crippen molar-refractivity contribution in [1.29, 1.82) is 0 Å². The first-order valence-corrected chi connectivity index (χ1v) is 12.5. The molecule has 0 aliphatic rings. The molecule has 1 aromatic heterocycles. The largest absolute Gasteiger partial charge is 0.493 e. The van der Waals surface area contributed by atoms with E-state index >= 15 is 0 Å². The fourth-order valence-electron chi connectivity index (χ4n) is 3.68. The van der Waals surface area contributed by atoms with E-state index in [1.54, 1.807) is 36.4 Å². The van der Waals surface area contributed by atoms with Crippen LogP contribution in [0.15, 0.2) is 48.5 Å². The Balaban J connectivity index is 1.45. The van der Waals surface area contributed by atoms with Gasteiger partial charge >= 0.3 is 0 Å². The summed E-state index contributed by atoms with van der Waals surface area (Å²) in [4.78, 5) is 29.4. The summed E-state index contributed by atoms with van der Waals surface area (Å²) in [7, 11) is 5.84. The minimum Gasteiger partial charge on any atom is -0.493 e. The highest BCUT2D eigenvalue weighted by atomic mass is 32.1. The molecule has 9 nitrogen and oxygen atoms in total. The van der Waals surface area contributed by atoms with Gasteiger partial charge in [-0.2, -0.15) is 0 Å². The van der Waals surface area contributed by atoms with Crippen molar-refractivity contribution in [1.82, 2.24) is 4.98 Å². The Hall–Kier alpha value is -4.71. The summed E-state index contributed by atoms with van der Waals surface area (Å²) in [5, 5.41) is 2.72. The fraction of sp³-hybridized carbons (Fsp3) is 0.179. The number of ether oxygens (including phenoxy) is 5. The molecule has 0 fully saturated rings. The standard InChI is InChI=1S/C28H24F2N2O7S/c1-35-21-8-6-15(5-7-20(33)16-10-23(36-2)27(38-4)24(11-16)37-3)9-22(21)39-14-26(34)32-28-31-19-12-17(29)18(30)13-25(19)40-28/h5-13H,14H2,1-4H3,(H,31,32,34)/b7-5+. The number of fused-ring (bicyclic) bond motifs is 1. The molecule has 0 aliphatic heterocycles. The number of thiazole rings is 1. The molecule has 0 saturated heterocycles. The number of benzene rings is 3. The molecule has 0 unspecified atom stereocenters. The third-order valence-electron chi connectivity index (χ3n) is 5.60. The van der Waals surface area contributed by atoms with Gasteiger partial charge in [-0.25, -0.2) is 13.8 Å². The molecule has 0 saturated carbocycles. The van der Waals surface area contributed by atoms with E-state index < -0.39 is 24.1 Å². The smallest absolute Gasteiger partial charge is 0.264 e. The first-order valence-electron chi connectivity index (χ1n) is 11.6. The Kier molecular flexibility index (Phi) is 8.80. The predicted molar refractivity (Wildman–Crippen MR) is 146 cm³/mol. The van der Waals surface area contributed by atoms with Crippen molar-refractivity contribution >= 4 is 44.5 Å². The number of carbonyl (C=O) groups is 2. The summed E-state index contributed by atoms with van der Waals surface area (Å²) in [5.74, 6) is -1.18. The number of halogens is 2. The second kappa shape index (κ2) is 12.4. The van der Waals surface area contributed by atoms with Crippen LogP contribution in [0.2, 0.25) is 0 Å². The maximum atomic E-state index is 13.5. The molecule has 40 heavy (non-hydrogen) atoms. The minimum atomic E-state index is -1.02. The zero-order valence-corrected chi connectivity index (χ0v) is 22.7. The molecular weight excluding hydrogens is 546 g/mol. The van der Waals surface area contributed by atoms with Gasteiger partial charge in [-0.3, -0.25) is 14.9 Å². The normalized spacial score (nSPS) is 10.9. The molecule has 208 valence electrons. The number of allylic oxidation sites excluding steroid dienone is 1. The van der Waals surface area contributed by atoms with Gasteiger partial charge in [-0.15, -0.1) is 0 Å². The van der Waals surface area contributed by atoms with Crippen LogP contribution in [0.1, 0.15) is 15.9 Å². The molecule has 12 heteroatoms. The summed E-state index contributed by atoms with van der Waals surface area (Å²) in [6.07, 6.45) is 2.95. The van der Waals surface area contributed by atoms with E-state index in [0.29, 0.717) is 38.8 Å². The molecule has 0 aliphatic carbocycles. The number of rotatable bonds is 11. The summed E-state index contributed by atoms with van der Waals surface area (Å²) in [5.41, 5.74) is 1.15. The van der Waals surface area contributed by atoms with Crippen LogP contribution < -0.4 is 29.0 Å². The number of methoxy groups -OCH3 is 4. The van der Waals surface area contributed by atoms with Crippen LogP contribution in [0.4, 0.5) is 13.9 Å². The Labute approximate surface area is 231 Å². The number of carbonyl (C=O) groups excluding carboxylic acids is 2. The molecule has 0 bridgehead atoms. The second-order valence-electron chi connectivity index (χ2n) is 8.11. The van der Waals surface area contributed by atoms with Crippen LogP contribution in [0.3, 0.4) is 0 Å². The average molecular weight is 571 g/mol. The zero-order chi connectivity index (χ0) is 28.8. The van der Waals surface area contributed by atoms with Crippen molar-refractivity contribution in [2.24, 2.45) is 0 Å². The molecule has 0 atom stereocenters. The van der Waals surface area contributed by atoms with Gasteiger partial charge in [0.05, 0.1) is 38.7 Å². The highest BCUT2D eigenvalue weighted by Crippen LogP contribution is 2.38.